The quantitative estimate of drug-likeness (QED) is 0.925. The highest BCUT2D eigenvalue weighted by Gasteiger charge is 2.41. The van der Waals surface area contributed by atoms with Gasteiger partial charge in [-0.25, -0.2) is 4.98 Å². The van der Waals surface area contributed by atoms with E-state index in [4.69, 9.17) is 11.0 Å². The number of hydrogen-bond acceptors (Lipinski definition) is 3. The van der Waals surface area contributed by atoms with Crippen molar-refractivity contribution in [3.63, 3.8) is 0 Å². The summed E-state index contributed by atoms with van der Waals surface area (Å²) in [5.74, 6) is 3.11. The molecule has 2 fully saturated rings. The van der Waals surface area contributed by atoms with Crippen molar-refractivity contribution in [1.82, 2.24) is 9.55 Å². The summed E-state index contributed by atoms with van der Waals surface area (Å²) in [7, 11) is 0. The van der Waals surface area contributed by atoms with Crippen LogP contribution in [0.25, 0.3) is 11.0 Å². The minimum absolute atomic E-state index is 0.585. The molecule has 0 saturated heterocycles. The third-order valence-electron chi connectivity index (χ3n) is 4.76. The van der Waals surface area contributed by atoms with Gasteiger partial charge in [0.1, 0.15) is 0 Å². The molecule has 1 aromatic heterocycles. The van der Waals surface area contributed by atoms with E-state index >= 15 is 0 Å². The summed E-state index contributed by atoms with van der Waals surface area (Å²) < 4.78 is 2.12. The van der Waals surface area contributed by atoms with Crippen LogP contribution < -0.4 is 5.73 Å². The van der Waals surface area contributed by atoms with Gasteiger partial charge in [0.2, 0.25) is 5.95 Å². The summed E-state index contributed by atoms with van der Waals surface area (Å²) in [5, 5.41) is 9.06. The third kappa shape index (κ3) is 1.94. The van der Waals surface area contributed by atoms with E-state index < -0.39 is 0 Å². The predicted molar refractivity (Wildman–Crippen MR) is 77.8 cm³/mol. The van der Waals surface area contributed by atoms with Crippen LogP contribution in [-0.2, 0) is 6.54 Å². The maximum atomic E-state index is 9.06. The van der Waals surface area contributed by atoms with Crippen LogP contribution in [0, 0.1) is 29.1 Å². The monoisotopic (exact) mass is 266 g/mol. The molecule has 2 saturated carbocycles. The van der Waals surface area contributed by atoms with Gasteiger partial charge in [0.15, 0.2) is 0 Å². The van der Waals surface area contributed by atoms with Crippen molar-refractivity contribution in [2.75, 3.05) is 5.73 Å². The Morgan fingerprint density at radius 3 is 2.60 bits per heavy atom. The molecule has 1 aromatic carbocycles. The normalized spacial score (nSPS) is 18.6. The van der Waals surface area contributed by atoms with Gasteiger partial charge in [0.05, 0.1) is 22.7 Å². The molecule has 0 radical (unpaired) electrons. The number of hydrogen-bond donors (Lipinski definition) is 1. The highest BCUT2D eigenvalue weighted by molar-refractivity contribution is 5.79. The van der Waals surface area contributed by atoms with Gasteiger partial charge in [-0.15, -0.1) is 0 Å². The lowest BCUT2D eigenvalue weighted by Gasteiger charge is -2.17. The molecular formula is C16H18N4. The molecule has 4 nitrogen and oxygen atoms in total. The average Bonchev–Trinajstić information content (AvgIpc) is 3.34. The maximum absolute atomic E-state index is 9.06. The van der Waals surface area contributed by atoms with Gasteiger partial charge in [-0.3, -0.25) is 0 Å². The number of aromatic nitrogens is 2. The van der Waals surface area contributed by atoms with E-state index in [1.54, 1.807) is 6.07 Å². The van der Waals surface area contributed by atoms with Crippen molar-refractivity contribution in [3.05, 3.63) is 23.8 Å². The van der Waals surface area contributed by atoms with Crippen LogP contribution in [0.5, 0.6) is 0 Å². The number of nitrogen functional groups attached to an aromatic ring is 1. The van der Waals surface area contributed by atoms with Gasteiger partial charge in [-0.05, 0) is 61.6 Å². The zero-order chi connectivity index (χ0) is 13.7. The minimum Gasteiger partial charge on any atom is -0.369 e. The molecule has 102 valence electrons. The standard InChI is InChI=1S/C16H18N4/c17-8-10-1-6-14-15(7-10)20(16(18)19-14)9-13(11-2-3-11)12-4-5-12/h1,6-7,11-13H,2-5,9H2,(H2,18,19). The number of nitriles is 1. The molecule has 0 unspecified atom stereocenters. The molecule has 4 rings (SSSR count). The SMILES string of the molecule is N#Cc1ccc2nc(N)n(CC(C3CC3)C3CC3)c2c1. The fraction of sp³-hybridized carbons (Fsp3) is 0.500. The molecule has 2 aromatic rings. The maximum Gasteiger partial charge on any atom is 0.201 e. The van der Waals surface area contributed by atoms with Crippen molar-refractivity contribution in [3.8, 4) is 6.07 Å². The second-order valence-corrected chi connectivity index (χ2v) is 6.23. The number of anilines is 1. The fourth-order valence-corrected chi connectivity index (χ4v) is 3.35. The van der Waals surface area contributed by atoms with Gasteiger partial charge < -0.3 is 10.3 Å². The Morgan fingerprint density at radius 1 is 1.30 bits per heavy atom. The average molecular weight is 266 g/mol. The zero-order valence-corrected chi connectivity index (χ0v) is 11.4. The smallest absolute Gasteiger partial charge is 0.201 e. The first-order chi connectivity index (χ1) is 9.76. The molecule has 0 aliphatic heterocycles. The minimum atomic E-state index is 0.585. The first-order valence-corrected chi connectivity index (χ1v) is 7.42. The molecule has 0 atom stereocenters. The van der Waals surface area contributed by atoms with E-state index in [-0.39, 0.29) is 0 Å². The molecule has 2 aliphatic rings. The Hall–Kier alpha value is -2.02. The molecule has 4 heteroatoms. The van der Waals surface area contributed by atoms with E-state index in [0.29, 0.717) is 11.5 Å². The summed E-state index contributed by atoms with van der Waals surface area (Å²) in [6.45, 7) is 0.965. The third-order valence-corrected chi connectivity index (χ3v) is 4.76. The van der Waals surface area contributed by atoms with Crippen molar-refractivity contribution in [2.45, 2.75) is 32.2 Å². The zero-order valence-electron chi connectivity index (χ0n) is 11.4. The van der Waals surface area contributed by atoms with E-state index in [2.05, 4.69) is 15.6 Å². The lowest BCUT2D eigenvalue weighted by atomic mass is 9.98. The molecule has 0 bridgehead atoms. The highest BCUT2D eigenvalue weighted by atomic mass is 15.2. The van der Waals surface area contributed by atoms with E-state index in [0.717, 1.165) is 35.3 Å². The highest BCUT2D eigenvalue weighted by Crippen LogP contribution is 2.50. The number of nitrogens with zero attached hydrogens (tertiary/aromatic N) is 3. The molecule has 2 N–H and O–H groups in total. The van der Waals surface area contributed by atoms with E-state index in [1.807, 2.05) is 12.1 Å². The summed E-state index contributed by atoms with van der Waals surface area (Å²) in [6, 6.07) is 7.81. The molecule has 2 aliphatic carbocycles. The van der Waals surface area contributed by atoms with Crippen LogP contribution in [0.2, 0.25) is 0 Å². The summed E-state index contributed by atoms with van der Waals surface area (Å²) in [6.07, 6.45) is 5.49. The van der Waals surface area contributed by atoms with Crippen LogP contribution in [0.3, 0.4) is 0 Å². The van der Waals surface area contributed by atoms with Crippen molar-refractivity contribution in [2.24, 2.45) is 17.8 Å². The van der Waals surface area contributed by atoms with Crippen LogP contribution in [0.1, 0.15) is 31.2 Å². The lowest BCUT2D eigenvalue weighted by Crippen LogP contribution is -2.16. The number of benzene rings is 1. The first kappa shape index (κ1) is 11.8. The Morgan fingerprint density at radius 2 is 2.00 bits per heavy atom. The summed E-state index contributed by atoms with van der Waals surface area (Å²) >= 11 is 0. The van der Waals surface area contributed by atoms with Crippen molar-refractivity contribution < 1.29 is 0 Å². The second-order valence-electron chi connectivity index (χ2n) is 6.23. The topological polar surface area (TPSA) is 67.6 Å². The van der Waals surface area contributed by atoms with Crippen molar-refractivity contribution >= 4 is 17.0 Å². The van der Waals surface area contributed by atoms with Gasteiger partial charge >= 0.3 is 0 Å². The Kier molecular flexibility index (Phi) is 2.50. The Labute approximate surface area is 118 Å². The summed E-state index contributed by atoms with van der Waals surface area (Å²) in [4.78, 5) is 4.43. The predicted octanol–water partition coefficient (Wildman–Crippen LogP) is 2.93. The number of rotatable bonds is 4. The second kappa shape index (κ2) is 4.24. The molecular weight excluding hydrogens is 248 g/mol. The Balaban J connectivity index is 1.74. The lowest BCUT2D eigenvalue weighted by molar-refractivity contribution is 0.355. The van der Waals surface area contributed by atoms with Crippen LogP contribution in [0.4, 0.5) is 5.95 Å². The van der Waals surface area contributed by atoms with E-state index in [1.165, 1.54) is 25.7 Å². The van der Waals surface area contributed by atoms with Gasteiger partial charge in [0.25, 0.3) is 0 Å². The van der Waals surface area contributed by atoms with Gasteiger partial charge in [-0.2, -0.15) is 5.26 Å². The van der Waals surface area contributed by atoms with Crippen LogP contribution in [0.15, 0.2) is 18.2 Å². The number of imidazole rings is 1. The Bertz CT molecular complexity index is 689. The molecule has 20 heavy (non-hydrogen) atoms. The van der Waals surface area contributed by atoms with Crippen LogP contribution >= 0.6 is 0 Å². The first-order valence-electron chi connectivity index (χ1n) is 7.42. The number of fused-ring (bicyclic) bond motifs is 1. The van der Waals surface area contributed by atoms with Crippen molar-refractivity contribution in [1.29, 1.82) is 5.26 Å². The molecule has 0 spiro atoms. The fourth-order valence-electron chi connectivity index (χ4n) is 3.35. The summed E-state index contributed by atoms with van der Waals surface area (Å²) in [5.41, 5.74) is 8.68. The van der Waals surface area contributed by atoms with Gasteiger partial charge in [-0.1, -0.05) is 0 Å². The number of nitrogens with two attached hydrogens (primary N) is 1. The van der Waals surface area contributed by atoms with Crippen LogP contribution in [-0.4, -0.2) is 9.55 Å². The molecule has 1 heterocycles. The molecule has 0 amide bonds. The van der Waals surface area contributed by atoms with Gasteiger partial charge in [0, 0.05) is 6.54 Å². The van der Waals surface area contributed by atoms with E-state index in [9.17, 15) is 0 Å². The largest absolute Gasteiger partial charge is 0.369 e.